The van der Waals surface area contributed by atoms with E-state index in [0.717, 1.165) is 48.0 Å². The molecule has 2 aliphatic rings. The van der Waals surface area contributed by atoms with Crippen LogP contribution in [0.5, 0.6) is 0 Å². The van der Waals surface area contributed by atoms with Gasteiger partial charge in [0, 0.05) is 30.6 Å². The van der Waals surface area contributed by atoms with Crippen LogP contribution in [0.4, 0.5) is 9.18 Å². The van der Waals surface area contributed by atoms with Crippen molar-refractivity contribution >= 4 is 39.7 Å². The third kappa shape index (κ3) is 4.82. The number of hydrazone groups is 1. The first-order valence-electron chi connectivity index (χ1n) is 12.0. The molecule has 1 N–H and O–H groups in total. The van der Waals surface area contributed by atoms with Crippen molar-refractivity contribution in [3.05, 3.63) is 53.8 Å². The molecular formula is C26H28FN5O2S. The number of hydrogen-bond donors (Lipinski definition) is 1. The lowest BCUT2D eigenvalue weighted by Gasteiger charge is -2.27. The van der Waals surface area contributed by atoms with E-state index in [1.165, 1.54) is 28.9 Å². The number of amides is 2. The van der Waals surface area contributed by atoms with E-state index >= 15 is 0 Å². The molecule has 5 rings (SSSR count). The third-order valence-electron chi connectivity index (χ3n) is 6.71. The number of benzene rings is 2. The van der Waals surface area contributed by atoms with E-state index in [0.29, 0.717) is 24.5 Å². The van der Waals surface area contributed by atoms with Gasteiger partial charge >= 0.3 is 5.24 Å². The summed E-state index contributed by atoms with van der Waals surface area (Å²) in [5, 5.41) is 8.82. The summed E-state index contributed by atoms with van der Waals surface area (Å²) >= 11 is 1.22. The Hall–Kier alpha value is -3.20. The molecule has 1 unspecified atom stereocenters. The SMILES string of the molecule is CC1SC(=O)N(CCNC(=O)C2CCCC2)N=C1c1ccc2c(c1)nc(-c1cccc(F)c1)n2C. The number of fused-ring (bicyclic) bond motifs is 1. The standard InChI is InChI=1S/C26H28FN5O2S/c1-16-23(30-32(26(34)35-16)13-12-28-25(33)17-6-3-4-7-17)18-10-11-22-21(15-18)29-24(31(22)2)19-8-5-9-20(27)14-19/h5,8-11,14-17H,3-4,6-7,12-13H2,1-2H3,(H,28,33). The molecule has 7 nitrogen and oxygen atoms in total. The second kappa shape index (κ2) is 9.81. The van der Waals surface area contributed by atoms with Gasteiger partial charge in [0.1, 0.15) is 11.6 Å². The lowest BCUT2D eigenvalue weighted by atomic mass is 10.1. The fourth-order valence-corrected chi connectivity index (χ4v) is 5.67. The topological polar surface area (TPSA) is 79.6 Å². The first-order chi connectivity index (χ1) is 16.9. The Morgan fingerprint density at radius 1 is 1.17 bits per heavy atom. The number of aromatic nitrogens is 2. The highest BCUT2D eigenvalue weighted by atomic mass is 32.2. The molecule has 1 aliphatic carbocycles. The smallest absolute Gasteiger partial charge is 0.302 e. The van der Waals surface area contributed by atoms with Crippen LogP contribution in [0.2, 0.25) is 0 Å². The predicted molar refractivity (Wildman–Crippen MR) is 137 cm³/mol. The van der Waals surface area contributed by atoms with E-state index in [-0.39, 0.29) is 28.1 Å². The molecule has 0 bridgehead atoms. The van der Waals surface area contributed by atoms with Crippen LogP contribution in [-0.2, 0) is 11.8 Å². The van der Waals surface area contributed by atoms with Crippen molar-refractivity contribution in [2.75, 3.05) is 13.1 Å². The molecule has 3 aromatic rings. The van der Waals surface area contributed by atoms with Gasteiger partial charge in [0.15, 0.2) is 0 Å². The number of aryl methyl sites for hydroxylation is 1. The van der Waals surface area contributed by atoms with Crippen molar-refractivity contribution in [2.45, 2.75) is 37.9 Å². The average Bonchev–Trinajstić information content (AvgIpc) is 3.49. The molecule has 35 heavy (non-hydrogen) atoms. The van der Waals surface area contributed by atoms with Crippen LogP contribution in [0.15, 0.2) is 47.6 Å². The monoisotopic (exact) mass is 493 g/mol. The van der Waals surface area contributed by atoms with Crippen LogP contribution in [0, 0.1) is 11.7 Å². The zero-order valence-corrected chi connectivity index (χ0v) is 20.6. The van der Waals surface area contributed by atoms with E-state index < -0.39 is 0 Å². The molecule has 182 valence electrons. The van der Waals surface area contributed by atoms with Gasteiger partial charge in [-0.05, 0) is 44.0 Å². The first kappa shape index (κ1) is 23.5. The number of halogens is 1. The maximum atomic E-state index is 13.8. The van der Waals surface area contributed by atoms with Crippen LogP contribution in [0.25, 0.3) is 22.4 Å². The van der Waals surface area contributed by atoms with Gasteiger partial charge in [-0.15, -0.1) is 0 Å². The Bertz CT molecular complexity index is 1310. The number of rotatable bonds is 6. The van der Waals surface area contributed by atoms with E-state index in [9.17, 15) is 14.0 Å². The van der Waals surface area contributed by atoms with Crippen molar-refractivity contribution < 1.29 is 14.0 Å². The number of carbonyl (C=O) groups is 2. The van der Waals surface area contributed by atoms with Crippen molar-refractivity contribution in [1.29, 1.82) is 0 Å². The van der Waals surface area contributed by atoms with Gasteiger partial charge in [-0.3, -0.25) is 9.59 Å². The van der Waals surface area contributed by atoms with Crippen molar-refractivity contribution in [3.8, 4) is 11.4 Å². The summed E-state index contributed by atoms with van der Waals surface area (Å²) in [4.78, 5) is 29.6. The summed E-state index contributed by atoms with van der Waals surface area (Å²) in [7, 11) is 1.91. The molecule has 1 aromatic heterocycles. The summed E-state index contributed by atoms with van der Waals surface area (Å²) < 4.78 is 15.7. The highest BCUT2D eigenvalue weighted by molar-refractivity contribution is 8.14. The molecule has 0 saturated heterocycles. The number of nitrogens with one attached hydrogen (secondary N) is 1. The van der Waals surface area contributed by atoms with E-state index in [1.807, 2.05) is 42.8 Å². The van der Waals surface area contributed by atoms with Crippen LogP contribution in [0.1, 0.15) is 38.2 Å². The molecule has 1 atom stereocenters. The summed E-state index contributed by atoms with van der Waals surface area (Å²) in [6.45, 7) is 2.67. The zero-order chi connectivity index (χ0) is 24.5. The van der Waals surface area contributed by atoms with E-state index in [1.54, 1.807) is 6.07 Å². The van der Waals surface area contributed by atoms with Crippen LogP contribution >= 0.6 is 11.8 Å². The molecule has 9 heteroatoms. The van der Waals surface area contributed by atoms with Crippen LogP contribution in [-0.4, -0.2) is 49.8 Å². The lowest BCUT2D eigenvalue weighted by molar-refractivity contribution is -0.124. The third-order valence-corrected chi connectivity index (χ3v) is 7.70. The van der Waals surface area contributed by atoms with Crippen molar-refractivity contribution in [3.63, 3.8) is 0 Å². The minimum atomic E-state index is -0.304. The minimum Gasteiger partial charge on any atom is -0.354 e. The molecule has 1 aliphatic heterocycles. The fraction of sp³-hybridized carbons (Fsp3) is 0.385. The molecule has 0 radical (unpaired) electrons. The average molecular weight is 494 g/mol. The fourth-order valence-electron chi connectivity index (χ4n) is 4.82. The van der Waals surface area contributed by atoms with E-state index in [4.69, 9.17) is 4.98 Å². The van der Waals surface area contributed by atoms with Crippen molar-refractivity contribution in [2.24, 2.45) is 18.1 Å². The van der Waals surface area contributed by atoms with Gasteiger partial charge in [-0.2, -0.15) is 5.10 Å². The highest BCUT2D eigenvalue weighted by Crippen LogP contribution is 2.29. The van der Waals surface area contributed by atoms with Gasteiger partial charge in [0.2, 0.25) is 5.91 Å². The van der Waals surface area contributed by atoms with Gasteiger partial charge < -0.3 is 9.88 Å². The molecule has 0 spiro atoms. The number of nitrogens with zero attached hydrogens (tertiary/aromatic N) is 4. The number of thioether (sulfide) groups is 1. The van der Waals surface area contributed by atoms with Gasteiger partial charge in [0.25, 0.3) is 0 Å². The van der Waals surface area contributed by atoms with Gasteiger partial charge in [0.05, 0.1) is 28.5 Å². The first-order valence-corrected chi connectivity index (χ1v) is 12.9. The highest BCUT2D eigenvalue weighted by Gasteiger charge is 2.29. The predicted octanol–water partition coefficient (Wildman–Crippen LogP) is 4.95. The van der Waals surface area contributed by atoms with Crippen LogP contribution in [0.3, 0.4) is 0 Å². The Morgan fingerprint density at radius 2 is 1.97 bits per heavy atom. The Labute approximate surface area is 207 Å². The molecular weight excluding hydrogens is 465 g/mol. The normalized spacial score (nSPS) is 18.8. The largest absolute Gasteiger partial charge is 0.354 e. The molecule has 2 aromatic carbocycles. The Morgan fingerprint density at radius 3 is 2.74 bits per heavy atom. The number of carbonyl (C=O) groups excluding carboxylic acids is 2. The second-order valence-corrected chi connectivity index (χ2v) is 10.4. The molecule has 1 fully saturated rings. The minimum absolute atomic E-state index is 0.0758. The van der Waals surface area contributed by atoms with Gasteiger partial charge in [-0.25, -0.2) is 14.4 Å². The Balaban J connectivity index is 1.37. The maximum Gasteiger partial charge on any atom is 0.302 e. The quantitative estimate of drug-likeness (QED) is 0.527. The number of hydrogen-bond acceptors (Lipinski definition) is 5. The second-order valence-electron chi connectivity index (χ2n) is 9.12. The molecule has 2 amide bonds. The molecule has 2 heterocycles. The van der Waals surface area contributed by atoms with Gasteiger partial charge in [-0.1, -0.05) is 42.8 Å². The van der Waals surface area contributed by atoms with Crippen LogP contribution < -0.4 is 5.32 Å². The summed E-state index contributed by atoms with van der Waals surface area (Å²) in [6, 6.07) is 12.3. The zero-order valence-electron chi connectivity index (χ0n) is 19.8. The summed E-state index contributed by atoms with van der Waals surface area (Å²) in [6.07, 6.45) is 4.10. The Kier molecular flexibility index (Phi) is 6.60. The number of imidazole rings is 1. The summed E-state index contributed by atoms with van der Waals surface area (Å²) in [5.74, 6) is 0.552. The maximum absolute atomic E-state index is 13.8. The summed E-state index contributed by atoms with van der Waals surface area (Å²) in [5.41, 5.74) is 4.08. The van der Waals surface area contributed by atoms with E-state index in [2.05, 4.69) is 10.4 Å². The van der Waals surface area contributed by atoms with Crippen molar-refractivity contribution in [1.82, 2.24) is 19.9 Å². The lowest BCUT2D eigenvalue weighted by Crippen LogP contribution is -2.40. The molecule has 1 saturated carbocycles.